The Bertz CT molecular complexity index is 477. The Morgan fingerprint density at radius 1 is 1.47 bits per heavy atom. The second kappa shape index (κ2) is 5.74. The second-order valence-corrected chi connectivity index (χ2v) is 3.49. The van der Waals surface area contributed by atoms with E-state index in [9.17, 15) is 18.0 Å². The van der Waals surface area contributed by atoms with Crippen LogP contribution in [0.15, 0.2) is 6.07 Å². The minimum absolute atomic E-state index is 0.0964. The summed E-state index contributed by atoms with van der Waals surface area (Å²) in [5, 5.41) is 0. The van der Waals surface area contributed by atoms with Crippen molar-refractivity contribution in [2.24, 2.45) is 5.73 Å². The summed E-state index contributed by atoms with van der Waals surface area (Å²) >= 11 is 0. The van der Waals surface area contributed by atoms with Gasteiger partial charge in [-0.25, -0.2) is 0 Å². The third-order valence-electron chi connectivity index (χ3n) is 2.18. The van der Waals surface area contributed by atoms with E-state index in [-0.39, 0.29) is 23.5 Å². The minimum Gasteiger partial charge on any atom is -0.469 e. The van der Waals surface area contributed by atoms with Crippen LogP contribution in [-0.4, -0.2) is 24.4 Å². The van der Waals surface area contributed by atoms with Crippen LogP contribution in [0.5, 0.6) is 5.88 Å². The molecule has 0 aliphatic heterocycles. The number of carbonyl (C=O) groups is 1. The first-order valence-corrected chi connectivity index (χ1v) is 5.07. The molecule has 4 N–H and O–H groups in total. The molecule has 0 aromatic carbocycles. The Labute approximate surface area is 106 Å². The number of nitrogen functional groups attached to an aromatic ring is 1. The quantitative estimate of drug-likeness (QED) is 0.788. The van der Waals surface area contributed by atoms with Crippen LogP contribution in [0, 0.1) is 0 Å². The fraction of sp³-hybridized carbons (Fsp3) is 0.400. The normalized spacial score (nSPS) is 11.2. The molecule has 1 aromatic heterocycles. The molecule has 0 aliphatic carbocycles. The first-order valence-electron chi connectivity index (χ1n) is 5.07. The summed E-state index contributed by atoms with van der Waals surface area (Å²) in [7, 11) is 1.11. The Morgan fingerprint density at radius 2 is 2.11 bits per heavy atom. The predicted molar refractivity (Wildman–Crippen MR) is 58.9 cm³/mol. The molecule has 1 rings (SSSR count). The summed E-state index contributed by atoms with van der Waals surface area (Å²) in [6.45, 7) is -0.118. The zero-order valence-electron chi connectivity index (χ0n) is 9.95. The molecule has 106 valence electrons. The molecule has 0 atom stereocenters. The molecule has 0 fully saturated rings. The maximum Gasteiger partial charge on any atom is 0.574 e. The average Bonchev–Trinajstić information content (AvgIpc) is 2.29. The maximum atomic E-state index is 12.3. The van der Waals surface area contributed by atoms with Gasteiger partial charge in [0, 0.05) is 12.1 Å². The lowest BCUT2D eigenvalue weighted by Crippen LogP contribution is -2.21. The smallest absolute Gasteiger partial charge is 0.469 e. The third kappa shape index (κ3) is 4.28. The van der Waals surface area contributed by atoms with Crippen molar-refractivity contribution in [3.05, 3.63) is 17.2 Å². The van der Waals surface area contributed by atoms with Crippen molar-refractivity contribution in [1.82, 2.24) is 4.98 Å². The molecule has 19 heavy (non-hydrogen) atoms. The van der Waals surface area contributed by atoms with Crippen molar-refractivity contribution in [2.45, 2.75) is 19.3 Å². The zero-order chi connectivity index (χ0) is 14.6. The molecule has 1 heterocycles. The molecular weight excluding hydrogens is 267 g/mol. The van der Waals surface area contributed by atoms with Crippen LogP contribution in [0.1, 0.15) is 11.1 Å². The first kappa shape index (κ1) is 15.0. The summed E-state index contributed by atoms with van der Waals surface area (Å²) in [4.78, 5) is 14.6. The van der Waals surface area contributed by atoms with E-state index in [0.717, 1.165) is 7.11 Å². The molecule has 0 unspecified atom stereocenters. The van der Waals surface area contributed by atoms with Crippen LogP contribution in [0.4, 0.5) is 19.0 Å². The monoisotopic (exact) mass is 279 g/mol. The number of aromatic nitrogens is 1. The molecule has 0 amide bonds. The number of hydrogen-bond donors (Lipinski definition) is 2. The fourth-order valence-corrected chi connectivity index (χ4v) is 1.40. The second-order valence-electron chi connectivity index (χ2n) is 3.49. The number of nitrogens with zero attached hydrogens (tertiary/aromatic N) is 1. The minimum atomic E-state index is -4.95. The van der Waals surface area contributed by atoms with Gasteiger partial charge in [-0.3, -0.25) is 4.79 Å². The van der Waals surface area contributed by atoms with Gasteiger partial charge in [-0.15, -0.1) is 13.2 Å². The van der Waals surface area contributed by atoms with E-state index in [4.69, 9.17) is 11.5 Å². The number of anilines is 1. The molecule has 0 saturated carbocycles. The van der Waals surface area contributed by atoms with E-state index in [1.165, 1.54) is 6.07 Å². The largest absolute Gasteiger partial charge is 0.574 e. The number of esters is 1. The molecule has 6 nitrogen and oxygen atoms in total. The molecule has 0 spiro atoms. The van der Waals surface area contributed by atoms with Gasteiger partial charge < -0.3 is 20.9 Å². The number of pyridine rings is 1. The van der Waals surface area contributed by atoms with Crippen molar-refractivity contribution in [1.29, 1.82) is 0 Å². The average molecular weight is 279 g/mol. The van der Waals surface area contributed by atoms with Crippen molar-refractivity contribution >= 4 is 11.8 Å². The zero-order valence-corrected chi connectivity index (χ0v) is 9.95. The van der Waals surface area contributed by atoms with Gasteiger partial charge in [0.1, 0.15) is 5.82 Å². The van der Waals surface area contributed by atoms with Gasteiger partial charge in [-0.1, -0.05) is 0 Å². The van der Waals surface area contributed by atoms with Gasteiger partial charge in [-0.05, 0) is 11.6 Å². The lowest BCUT2D eigenvalue weighted by atomic mass is 10.1. The molecule has 1 aromatic rings. The van der Waals surface area contributed by atoms with E-state index in [2.05, 4.69) is 14.5 Å². The summed E-state index contributed by atoms with van der Waals surface area (Å²) < 4.78 is 44.9. The third-order valence-corrected chi connectivity index (χ3v) is 2.18. The maximum absolute atomic E-state index is 12.3. The van der Waals surface area contributed by atoms with Crippen molar-refractivity contribution < 1.29 is 27.4 Å². The van der Waals surface area contributed by atoms with Gasteiger partial charge >= 0.3 is 12.3 Å². The predicted octanol–water partition coefficient (Wildman–Crippen LogP) is 0.737. The summed E-state index contributed by atoms with van der Waals surface area (Å²) in [5.74, 6) is -1.72. The Morgan fingerprint density at radius 3 is 2.58 bits per heavy atom. The van der Waals surface area contributed by atoms with Crippen molar-refractivity contribution in [2.75, 3.05) is 12.8 Å². The van der Waals surface area contributed by atoms with Crippen molar-refractivity contribution in [3.63, 3.8) is 0 Å². The number of alkyl halides is 3. The molecule has 9 heteroatoms. The standard InChI is InChI=1S/C10H12F3N3O3/c1-18-8(17)3-6-5(4-14)2-7(15)16-9(6)19-10(11,12)13/h2H,3-4,14H2,1H3,(H2,15,16). The van der Waals surface area contributed by atoms with Crippen LogP contribution < -0.4 is 16.2 Å². The Balaban J connectivity index is 3.25. The molecule has 0 aliphatic rings. The highest BCUT2D eigenvalue weighted by atomic mass is 19.4. The Hall–Kier alpha value is -2.03. The number of methoxy groups -OCH3 is 1. The molecule has 0 saturated heterocycles. The lowest BCUT2D eigenvalue weighted by molar-refractivity contribution is -0.276. The first-order chi connectivity index (χ1) is 8.76. The van der Waals surface area contributed by atoms with Crippen LogP contribution in [0.25, 0.3) is 0 Å². The van der Waals surface area contributed by atoms with Gasteiger partial charge in [0.15, 0.2) is 0 Å². The van der Waals surface area contributed by atoms with E-state index in [1.807, 2.05) is 0 Å². The number of halogens is 3. The highest BCUT2D eigenvalue weighted by Gasteiger charge is 2.34. The SMILES string of the molecule is COC(=O)Cc1c(CN)cc(N)nc1OC(F)(F)F. The Kier molecular flexibility index (Phi) is 4.54. The number of carbonyl (C=O) groups excluding carboxylic acids is 1. The van der Waals surface area contributed by atoms with Gasteiger partial charge in [0.2, 0.25) is 5.88 Å². The number of ether oxygens (including phenoxy) is 2. The lowest BCUT2D eigenvalue weighted by Gasteiger charge is -2.15. The number of rotatable bonds is 4. The number of hydrogen-bond acceptors (Lipinski definition) is 6. The summed E-state index contributed by atoms with van der Waals surface area (Å²) in [6.07, 6.45) is -5.39. The summed E-state index contributed by atoms with van der Waals surface area (Å²) in [5.41, 5.74) is 10.9. The van der Waals surface area contributed by atoms with Crippen LogP contribution >= 0.6 is 0 Å². The molecule has 0 radical (unpaired) electrons. The highest BCUT2D eigenvalue weighted by Crippen LogP contribution is 2.28. The number of nitrogens with two attached hydrogens (primary N) is 2. The van der Waals surface area contributed by atoms with E-state index < -0.39 is 24.6 Å². The topological polar surface area (TPSA) is 100 Å². The van der Waals surface area contributed by atoms with E-state index in [1.54, 1.807) is 0 Å². The van der Waals surface area contributed by atoms with Gasteiger partial charge in [-0.2, -0.15) is 4.98 Å². The molecule has 0 bridgehead atoms. The van der Waals surface area contributed by atoms with E-state index in [0.29, 0.717) is 0 Å². The van der Waals surface area contributed by atoms with Gasteiger partial charge in [0.05, 0.1) is 13.5 Å². The fourth-order valence-electron chi connectivity index (χ4n) is 1.40. The van der Waals surface area contributed by atoms with Crippen LogP contribution in [-0.2, 0) is 22.5 Å². The van der Waals surface area contributed by atoms with E-state index >= 15 is 0 Å². The summed E-state index contributed by atoms with van der Waals surface area (Å²) in [6, 6.07) is 1.28. The molecular formula is C10H12F3N3O3. The van der Waals surface area contributed by atoms with Crippen molar-refractivity contribution in [3.8, 4) is 5.88 Å². The highest BCUT2D eigenvalue weighted by molar-refractivity contribution is 5.74. The van der Waals surface area contributed by atoms with Gasteiger partial charge in [0.25, 0.3) is 0 Å². The van der Waals surface area contributed by atoms with Crippen LogP contribution in [0.3, 0.4) is 0 Å². The van der Waals surface area contributed by atoms with Crippen LogP contribution in [0.2, 0.25) is 0 Å².